The molecule has 2 rings (SSSR count). The van der Waals surface area contributed by atoms with Crippen LogP contribution in [0.5, 0.6) is 5.75 Å². The van der Waals surface area contributed by atoms with Crippen LogP contribution in [0.4, 0.5) is 17.1 Å². The fourth-order valence-corrected chi connectivity index (χ4v) is 2.29. The fourth-order valence-electron chi connectivity index (χ4n) is 1.57. The van der Waals surface area contributed by atoms with Crippen LogP contribution in [-0.4, -0.2) is 7.11 Å². The molecule has 0 saturated carbocycles. The third-order valence-electron chi connectivity index (χ3n) is 2.49. The standard InChI is InChI=1S/C13H12BrClN2O/c1-18-12-4-2-3-11(13(12)16)17-10-6-5-8(14)7-9(10)15/h2-7,17H,16H2,1H3. The maximum Gasteiger partial charge on any atom is 0.143 e. The Morgan fingerprint density at radius 2 is 2.00 bits per heavy atom. The van der Waals surface area contributed by atoms with Crippen LogP contribution in [0.1, 0.15) is 0 Å². The van der Waals surface area contributed by atoms with Crippen molar-refractivity contribution in [3.05, 3.63) is 45.9 Å². The van der Waals surface area contributed by atoms with E-state index in [-0.39, 0.29) is 0 Å². The third-order valence-corrected chi connectivity index (χ3v) is 3.29. The minimum Gasteiger partial charge on any atom is -0.495 e. The minimum atomic E-state index is 0.555. The number of anilines is 3. The van der Waals surface area contributed by atoms with E-state index < -0.39 is 0 Å². The van der Waals surface area contributed by atoms with E-state index in [4.69, 9.17) is 22.1 Å². The highest BCUT2D eigenvalue weighted by Crippen LogP contribution is 2.34. The number of methoxy groups -OCH3 is 1. The van der Waals surface area contributed by atoms with Gasteiger partial charge in [0.15, 0.2) is 0 Å². The molecule has 94 valence electrons. The van der Waals surface area contributed by atoms with Gasteiger partial charge in [-0.3, -0.25) is 0 Å². The monoisotopic (exact) mass is 326 g/mol. The van der Waals surface area contributed by atoms with Crippen molar-refractivity contribution in [2.24, 2.45) is 0 Å². The first-order valence-corrected chi connectivity index (χ1v) is 6.43. The van der Waals surface area contributed by atoms with Gasteiger partial charge >= 0.3 is 0 Å². The van der Waals surface area contributed by atoms with Crippen molar-refractivity contribution in [2.75, 3.05) is 18.2 Å². The van der Waals surface area contributed by atoms with Crippen molar-refractivity contribution in [1.82, 2.24) is 0 Å². The van der Waals surface area contributed by atoms with E-state index in [0.717, 1.165) is 15.8 Å². The Balaban J connectivity index is 2.34. The molecule has 2 aromatic carbocycles. The van der Waals surface area contributed by atoms with Gasteiger partial charge in [-0.1, -0.05) is 33.6 Å². The number of nitrogens with two attached hydrogens (primary N) is 1. The van der Waals surface area contributed by atoms with Crippen molar-refractivity contribution in [3.8, 4) is 5.75 Å². The van der Waals surface area contributed by atoms with Crippen molar-refractivity contribution in [1.29, 1.82) is 0 Å². The van der Waals surface area contributed by atoms with Gasteiger partial charge in [0, 0.05) is 4.47 Å². The first kappa shape index (κ1) is 13.1. The van der Waals surface area contributed by atoms with Gasteiger partial charge in [0.25, 0.3) is 0 Å². The summed E-state index contributed by atoms with van der Waals surface area (Å²) >= 11 is 9.50. The fraction of sp³-hybridized carbons (Fsp3) is 0.0769. The summed E-state index contributed by atoms with van der Waals surface area (Å²) in [5, 5.41) is 3.80. The van der Waals surface area contributed by atoms with Crippen LogP contribution in [0.25, 0.3) is 0 Å². The third kappa shape index (κ3) is 2.71. The molecule has 3 nitrogen and oxygen atoms in total. The lowest BCUT2D eigenvalue weighted by molar-refractivity contribution is 0.417. The van der Waals surface area contributed by atoms with Crippen molar-refractivity contribution in [3.63, 3.8) is 0 Å². The number of rotatable bonds is 3. The van der Waals surface area contributed by atoms with E-state index in [2.05, 4.69) is 21.2 Å². The Morgan fingerprint density at radius 1 is 1.22 bits per heavy atom. The molecule has 3 N–H and O–H groups in total. The molecule has 0 aliphatic rings. The summed E-state index contributed by atoms with van der Waals surface area (Å²) in [6.07, 6.45) is 0. The predicted molar refractivity (Wildman–Crippen MR) is 79.8 cm³/mol. The molecule has 0 fully saturated rings. The highest BCUT2D eigenvalue weighted by atomic mass is 79.9. The summed E-state index contributed by atoms with van der Waals surface area (Å²) in [6.45, 7) is 0. The first-order chi connectivity index (χ1) is 8.61. The molecule has 0 radical (unpaired) electrons. The lowest BCUT2D eigenvalue weighted by atomic mass is 10.2. The summed E-state index contributed by atoms with van der Waals surface area (Å²) in [4.78, 5) is 0. The van der Waals surface area contributed by atoms with Crippen LogP contribution in [0, 0.1) is 0 Å². The lowest BCUT2D eigenvalue weighted by Crippen LogP contribution is -1.99. The zero-order chi connectivity index (χ0) is 13.1. The second-order valence-corrected chi connectivity index (χ2v) is 4.99. The normalized spacial score (nSPS) is 10.2. The smallest absolute Gasteiger partial charge is 0.143 e. The summed E-state index contributed by atoms with van der Waals surface area (Å²) < 4.78 is 6.09. The molecule has 2 aromatic rings. The van der Waals surface area contributed by atoms with E-state index in [1.54, 1.807) is 7.11 Å². The second kappa shape index (κ2) is 5.50. The molecular formula is C13H12BrClN2O. The number of para-hydroxylation sites is 1. The molecule has 0 aliphatic carbocycles. The lowest BCUT2D eigenvalue weighted by Gasteiger charge is -2.13. The van der Waals surface area contributed by atoms with E-state index in [9.17, 15) is 0 Å². The average Bonchev–Trinajstić information content (AvgIpc) is 2.35. The Bertz CT molecular complexity index is 575. The Kier molecular flexibility index (Phi) is 3.99. The maximum absolute atomic E-state index is 6.14. The first-order valence-electron chi connectivity index (χ1n) is 5.26. The van der Waals surface area contributed by atoms with Gasteiger partial charge < -0.3 is 15.8 Å². The van der Waals surface area contributed by atoms with Crippen LogP contribution in [-0.2, 0) is 0 Å². The number of halogens is 2. The molecule has 0 heterocycles. The molecule has 0 atom stereocenters. The summed E-state index contributed by atoms with van der Waals surface area (Å²) in [5.41, 5.74) is 8.09. The van der Waals surface area contributed by atoms with Crippen LogP contribution in [0.2, 0.25) is 5.02 Å². The van der Waals surface area contributed by atoms with Gasteiger partial charge in [-0.2, -0.15) is 0 Å². The molecule has 5 heteroatoms. The highest BCUT2D eigenvalue weighted by Gasteiger charge is 2.07. The van der Waals surface area contributed by atoms with Gasteiger partial charge in [0.2, 0.25) is 0 Å². The molecular weight excluding hydrogens is 316 g/mol. The topological polar surface area (TPSA) is 47.3 Å². The van der Waals surface area contributed by atoms with E-state index in [1.165, 1.54) is 0 Å². The summed E-state index contributed by atoms with van der Waals surface area (Å²) in [7, 11) is 1.59. The second-order valence-electron chi connectivity index (χ2n) is 3.67. The van der Waals surface area contributed by atoms with Crippen LogP contribution in [0.15, 0.2) is 40.9 Å². The van der Waals surface area contributed by atoms with Crippen LogP contribution in [0.3, 0.4) is 0 Å². The van der Waals surface area contributed by atoms with E-state index in [1.807, 2.05) is 36.4 Å². The summed E-state index contributed by atoms with van der Waals surface area (Å²) in [5.74, 6) is 0.633. The molecule has 18 heavy (non-hydrogen) atoms. The molecule has 0 amide bonds. The highest BCUT2D eigenvalue weighted by molar-refractivity contribution is 9.10. The van der Waals surface area contributed by atoms with Gasteiger partial charge in [-0.05, 0) is 30.3 Å². The van der Waals surface area contributed by atoms with Gasteiger partial charge in [0.05, 0.1) is 29.2 Å². The van der Waals surface area contributed by atoms with Gasteiger partial charge in [-0.15, -0.1) is 0 Å². The Hall–Kier alpha value is -1.39. The number of hydrogen-bond donors (Lipinski definition) is 2. The number of ether oxygens (including phenoxy) is 1. The quantitative estimate of drug-likeness (QED) is 0.819. The molecule has 0 saturated heterocycles. The minimum absolute atomic E-state index is 0.555. The van der Waals surface area contributed by atoms with Crippen molar-refractivity contribution < 1.29 is 4.74 Å². The molecule has 0 aliphatic heterocycles. The largest absolute Gasteiger partial charge is 0.495 e. The molecule has 0 unspecified atom stereocenters. The SMILES string of the molecule is COc1cccc(Nc2ccc(Br)cc2Cl)c1N. The molecule has 0 aromatic heterocycles. The Labute approximate surface area is 119 Å². The van der Waals surface area contributed by atoms with Crippen molar-refractivity contribution >= 4 is 44.6 Å². The van der Waals surface area contributed by atoms with Crippen LogP contribution < -0.4 is 15.8 Å². The molecule has 0 bridgehead atoms. The number of nitrogens with one attached hydrogen (secondary N) is 1. The predicted octanol–water partition coefficient (Wildman–Crippen LogP) is 4.44. The number of hydrogen-bond acceptors (Lipinski definition) is 3. The number of benzene rings is 2. The maximum atomic E-state index is 6.14. The van der Waals surface area contributed by atoms with E-state index >= 15 is 0 Å². The van der Waals surface area contributed by atoms with Crippen LogP contribution >= 0.6 is 27.5 Å². The average molecular weight is 328 g/mol. The molecule has 0 spiro atoms. The Morgan fingerprint density at radius 3 is 2.67 bits per heavy atom. The zero-order valence-corrected chi connectivity index (χ0v) is 12.0. The van der Waals surface area contributed by atoms with E-state index in [0.29, 0.717) is 16.5 Å². The summed E-state index contributed by atoms with van der Waals surface area (Å²) in [6, 6.07) is 11.2. The van der Waals surface area contributed by atoms with Gasteiger partial charge in [-0.25, -0.2) is 0 Å². The van der Waals surface area contributed by atoms with Crippen molar-refractivity contribution in [2.45, 2.75) is 0 Å². The zero-order valence-electron chi connectivity index (χ0n) is 9.71. The van der Waals surface area contributed by atoms with Gasteiger partial charge in [0.1, 0.15) is 5.75 Å². The number of nitrogen functional groups attached to an aromatic ring is 1.